The molecule has 0 heterocycles. The third-order valence-electron chi connectivity index (χ3n) is 4.36. The number of anilines is 1. The zero-order valence-electron chi connectivity index (χ0n) is 18.9. The van der Waals surface area contributed by atoms with Crippen LogP contribution in [0.25, 0.3) is 0 Å². The van der Waals surface area contributed by atoms with Gasteiger partial charge in [-0.3, -0.25) is 19.2 Å². The van der Waals surface area contributed by atoms with E-state index in [0.717, 1.165) is 5.56 Å². The quantitative estimate of drug-likeness (QED) is 0.180. The SMILES string of the molecule is NCCC(=O)NCCOCCOCCC(=O)Nc1ccc(CCC(=O)NCCC(N)=O)cc1. The number of rotatable bonds is 18. The van der Waals surface area contributed by atoms with Crippen molar-refractivity contribution in [3.8, 4) is 0 Å². The van der Waals surface area contributed by atoms with Gasteiger partial charge in [-0.1, -0.05) is 12.1 Å². The van der Waals surface area contributed by atoms with Crippen LogP contribution in [0.5, 0.6) is 0 Å². The molecule has 1 aromatic carbocycles. The Morgan fingerprint density at radius 2 is 1.36 bits per heavy atom. The molecule has 0 unspecified atom stereocenters. The minimum Gasteiger partial charge on any atom is -0.379 e. The van der Waals surface area contributed by atoms with Crippen LogP contribution >= 0.6 is 0 Å². The molecule has 11 heteroatoms. The molecule has 0 saturated carbocycles. The molecule has 0 aliphatic rings. The summed E-state index contributed by atoms with van der Waals surface area (Å²) in [5.74, 6) is -0.862. The summed E-state index contributed by atoms with van der Waals surface area (Å²) in [4.78, 5) is 45.5. The van der Waals surface area contributed by atoms with Crippen molar-refractivity contribution in [3.63, 3.8) is 0 Å². The van der Waals surface area contributed by atoms with Crippen molar-refractivity contribution < 1.29 is 28.7 Å². The highest BCUT2D eigenvalue weighted by Crippen LogP contribution is 2.11. The molecule has 0 atom stereocenters. The van der Waals surface area contributed by atoms with E-state index in [1.807, 2.05) is 12.1 Å². The Kier molecular flexibility index (Phi) is 14.9. The standard InChI is InChI=1S/C22H35N5O6/c23-10-7-21(30)26-12-14-33-16-15-32-13-9-22(31)27-18-4-1-17(2-5-18)3-6-20(29)25-11-8-19(24)28/h1-2,4-5H,3,6-16,23H2,(H2,24,28)(H,25,29)(H,26,30)(H,27,31). The Morgan fingerprint density at radius 3 is 2.03 bits per heavy atom. The highest BCUT2D eigenvalue weighted by molar-refractivity contribution is 5.90. The van der Waals surface area contributed by atoms with E-state index in [0.29, 0.717) is 57.9 Å². The summed E-state index contributed by atoms with van der Waals surface area (Å²) in [5.41, 5.74) is 11.9. The van der Waals surface area contributed by atoms with Gasteiger partial charge >= 0.3 is 0 Å². The molecular formula is C22H35N5O6. The number of ether oxygens (including phenoxy) is 2. The highest BCUT2D eigenvalue weighted by atomic mass is 16.5. The lowest BCUT2D eigenvalue weighted by molar-refractivity contribution is -0.122. The van der Waals surface area contributed by atoms with E-state index >= 15 is 0 Å². The van der Waals surface area contributed by atoms with Crippen molar-refractivity contribution in [3.05, 3.63) is 29.8 Å². The topological polar surface area (TPSA) is 175 Å². The van der Waals surface area contributed by atoms with Gasteiger partial charge in [-0.05, 0) is 24.1 Å². The summed E-state index contributed by atoms with van der Waals surface area (Å²) in [5, 5.41) is 8.11. The van der Waals surface area contributed by atoms with Crippen LogP contribution in [-0.4, -0.2) is 69.7 Å². The van der Waals surface area contributed by atoms with E-state index in [2.05, 4.69) is 16.0 Å². The number of primary amides is 1. The highest BCUT2D eigenvalue weighted by Gasteiger charge is 2.05. The fourth-order valence-electron chi connectivity index (χ4n) is 2.62. The summed E-state index contributed by atoms with van der Waals surface area (Å²) in [6.07, 6.45) is 1.48. The number of amides is 4. The number of benzene rings is 1. The van der Waals surface area contributed by atoms with Crippen LogP contribution in [0.1, 0.15) is 31.2 Å². The lowest BCUT2D eigenvalue weighted by Crippen LogP contribution is -2.29. The van der Waals surface area contributed by atoms with Crippen molar-refractivity contribution in [2.24, 2.45) is 11.5 Å². The molecule has 184 valence electrons. The first-order chi connectivity index (χ1) is 15.9. The number of hydrogen-bond donors (Lipinski definition) is 5. The van der Waals surface area contributed by atoms with E-state index in [9.17, 15) is 19.2 Å². The van der Waals surface area contributed by atoms with E-state index in [4.69, 9.17) is 20.9 Å². The van der Waals surface area contributed by atoms with Gasteiger partial charge in [0.15, 0.2) is 0 Å². The van der Waals surface area contributed by atoms with Crippen molar-refractivity contribution in [1.82, 2.24) is 10.6 Å². The monoisotopic (exact) mass is 465 g/mol. The molecule has 1 aromatic rings. The van der Waals surface area contributed by atoms with Crippen LogP contribution in [-0.2, 0) is 35.1 Å². The molecule has 0 spiro atoms. The summed E-state index contributed by atoms with van der Waals surface area (Å²) in [7, 11) is 0. The lowest BCUT2D eigenvalue weighted by atomic mass is 10.1. The van der Waals surface area contributed by atoms with Gasteiger partial charge in [0.1, 0.15) is 0 Å². The second-order valence-electron chi connectivity index (χ2n) is 7.17. The predicted molar refractivity (Wildman–Crippen MR) is 123 cm³/mol. The van der Waals surface area contributed by atoms with Gasteiger partial charge in [0.2, 0.25) is 23.6 Å². The Bertz CT molecular complexity index is 741. The minimum absolute atomic E-state index is 0.0980. The molecule has 0 aliphatic carbocycles. The maximum atomic E-state index is 12.0. The first-order valence-electron chi connectivity index (χ1n) is 11.0. The van der Waals surface area contributed by atoms with E-state index in [1.54, 1.807) is 12.1 Å². The van der Waals surface area contributed by atoms with Crippen LogP contribution in [0.2, 0.25) is 0 Å². The molecule has 0 aliphatic heterocycles. The van der Waals surface area contributed by atoms with E-state index < -0.39 is 5.91 Å². The molecule has 33 heavy (non-hydrogen) atoms. The first-order valence-corrected chi connectivity index (χ1v) is 11.0. The van der Waals surface area contributed by atoms with Gasteiger partial charge in [0.25, 0.3) is 0 Å². The van der Waals surface area contributed by atoms with Crippen LogP contribution < -0.4 is 27.4 Å². The number of hydrogen-bond acceptors (Lipinski definition) is 7. The van der Waals surface area contributed by atoms with Crippen molar-refractivity contribution >= 4 is 29.3 Å². The van der Waals surface area contributed by atoms with Gasteiger partial charge in [-0.15, -0.1) is 0 Å². The average molecular weight is 466 g/mol. The Balaban J connectivity index is 2.08. The van der Waals surface area contributed by atoms with Crippen molar-refractivity contribution in [2.75, 3.05) is 51.4 Å². The van der Waals surface area contributed by atoms with E-state index in [1.165, 1.54) is 0 Å². The summed E-state index contributed by atoms with van der Waals surface area (Å²) >= 11 is 0. The van der Waals surface area contributed by atoms with Gasteiger partial charge in [-0.25, -0.2) is 0 Å². The van der Waals surface area contributed by atoms with E-state index in [-0.39, 0.29) is 43.7 Å². The smallest absolute Gasteiger partial charge is 0.226 e. The molecule has 0 radical (unpaired) electrons. The van der Waals surface area contributed by atoms with Crippen LogP contribution in [0, 0.1) is 0 Å². The largest absolute Gasteiger partial charge is 0.379 e. The number of nitrogens with two attached hydrogens (primary N) is 2. The first kappa shape index (κ1) is 28.0. The van der Waals surface area contributed by atoms with Crippen LogP contribution in [0.3, 0.4) is 0 Å². The second kappa shape index (κ2) is 17.5. The van der Waals surface area contributed by atoms with Gasteiger partial charge in [0, 0.05) is 44.6 Å². The summed E-state index contributed by atoms with van der Waals surface area (Å²) < 4.78 is 10.7. The zero-order chi connectivity index (χ0) is 24.3. The molecule has 7 N–H and O–H groups in total. The Hall–Kier alpha value is -3.02. The molecule has 0 fully saturated rings. The van der Waals surface area contributed by atoms with Gasteiger partial charge < -0.3 is 36.9 Å². The maximum Gasteiger partial charge on any atom is 0.226 e. The molecular weight excluding hydrogens is 430 g/mol. The van der Waals surface area contributed by atoms with Crippen LogP contribution in [0.15, 0.2) is 24.3 Å². The number of aryl methyl sites for hydroxylation is 1. The molecule has 1 rings (SSSR count). The Labute approximate surface area is 193 Å². The Morgan fingerprint density at radius 1 is 0.727 bits per heavy atom. The third kappa shape index (κ3) is 15.4. The number of carbonyl (C=O) groups is 4. The van der Waals surface area contributed by atoms with Crippen molar-refractivity contribution in [1.29, 1.82) is 0 Å². The van der Waals surface area contributed by atoms with Gasteiger partial charge in [-0.2, -0.15) is 0 Å². The maximum absolute atomic E-state index is 12.0. The van der Waals surface area contributed by atoms with Crippen molar-refractivity contribution in [2.45, 2.75) is 32.1 Å². The molecule has 11 nitrogen and oxygen atoms in total. The summed E-state index contributed by atoms with van der Waals surface area (Å²) in [6, 6.07) is 7.25. The lowest BCUT2D eigenvalue weighted by Gasteiger charge is -2.08. The molecule has 0 saturated heterocycles. The molecule has 0 bridgehead atoms. The fraction of sp³-hybridized carbons (Fsp3) is 0.545. The number of carbonyl (C=O) groups excluding carboxylic acids is 4. The molecule has 4 amide bonds. The number of nitrogens with one attached hydrogen (secondary N) is 3. The van der Waals surface area contributed by atoms with Gasteiger partial charge in [0.05, 0.1) is 32.8 Å². The summed E-state index contributed by atoms with van der Waals surface area (Å²) in [6.45, 7) is 2.37. The van der Waals surface area contributed by atoms with Crippen LogP contribution in [0.4, 0.5) is 5.69 Å². The predicted octanol–water partition coefficient (Wildman–Crippen LogP) is -0.562. The average Bonchev–Trinajstić information content (AvgIpc) is 2.77. The third-order valence-corrected chi connectivity index (χ3v) is 4.36. The normalized spacial score (nSPS) is 10.5. The minimum atomic E-state index is -0.453. The zero-order valence-corrected chi connectivity index (χ0v) is 18.9. The second-order valence-corrected chi connectivity index (χ2v) is 7.17. The molecule has 0 aromatic heterocycles. The fourth-order valence-corrected chi connectivity index (χ4v) is 2.62.